The molecule has 3 aromatic rings. The zero-order valence-corrected chi connectivity index (χ0v) is 19.4. The first-order valence-electron chi connectivity index (χ1n) is 11.2. The Labute approximate surface area is 194 Å². The Kier molecular flexibility index (Phi) is 7.80. The number of piperazine rings is 1. The van der Waals surface area contributed by atoms with Crippen LogP contribution >= 0.6 is 11.3 Å². The van der Waals surface area contributed by atoms with Crippen LogP contribution in [0.4, 0.5) is 5.69 Å². The molecule has 1 aliphatic rings. The van der Waals surface area contributed by atoms with Crippen molar-refractivity contribution in [2.24, 2.45) is 0 Å². The summed E-state index contributed by atoms with van der Waals surface area (Å²) in [6, 6.07) is 18.3. The standard InChI is InChI=1S/C26H31N3O2S/c1-31-25-10-8-24(9-11-25)29-17-15-28(16-18-29)14-3-2-13-27-26(30)22-6-4-21(5-7-22)23-12-19-32-20-23/h4-12,19-20H,2-3,13-18H2,1H3,(H,27,30). The number of hydrogen-bond donors (Lipinski definition) is 1. The lowest BCUT2D eigenvalue weighted by Crippen LogP contribution is -2.46. The summed E-state index contributed by atoms with van der Waals surface area (Å²) in [5.74, 6) is 0.907. The molecule has 1 saturated heterocycles. The average Bonchev–Trinajstić information content (AvgIpc) is 3.39. The van der Waals surface area contributed by atoms with E-state index in [-0.39, 0.29) is 5.91 Å². The molecule has 1 fully saturated rings. The van der Waals surface area contributed by atoms with Gasteiger partial charge in [-0.1, -0.05) is 12.1 Å². The molecule has 0 spiro atoms. The number of carbonyl (C=O) groups is 1. The van der Waals surface area contributed by atoms with Crippen LogP contribution in [-0.4, -0.2) is 57.2 Å². The minimum Gasteiger partial charge on any atom is -0.497 e. The van der Waals surface area contributed by atoms with Crippen LogP contribution in [0, 0.1) is 0 Å². The first-order chi connectivity index (χ1) is 15.7. The number of hydrogen-bond acceptors (Lipinski definition) is 5. The molecular weight excluding hydrogens is 418 g/mol. The van der Waals surface area contributed by atoms with Gasteiger partial charge < -0.3 is 15.0 Å². The second kappa shape index (κ2) is 11.2. The fourth-order valence-corrected chi connectivity index (χ4v) is 4.69. The summed E-state index contributed by atoms with van der Waals surface area (Å²) < 4.78 is 5.24. The molecule has 32 heavy (non-hydrogen) atoms. The molecule has 0 saturated carbocycles. The molecule has 0 atom stereocenters. The number of ether oxygens (including phenoxy) is 1. The molecule has 1 N–H and O–H groups in total. The molecule has 2 aromatic carbocycles. The van der Waals surface area contributed by atoms with Crippen LogP contribution in [0.2, 0.25) is 0 Å². The van der Waals surface area contributed by atoms with E-state index in [0.717, 1.165) is 69.0 Å². The predicted octanol–water partition coefficient (Wildman–Crippen LogP) is 4.76. The van der Waals surface area contributed by atoms with Gasteiger partial charge in [-0.05, 0) is 83.7 Å². The highest BCUT2D eigenvalue weighted by Gasteiger charge is 2.16. The van der Waals surface area contributed by atoms with Gasteiger partial charge in [0.1, 0.15) is 5.75 Å². The summed E-state index contributed by atoms with van der Waals surface area (Å²) in [6.07, 6.45) is 2.09. The van der Waals surface area contributed by atoms with Gasteiger partial charge in [-0.2, -0.15) is 11.3 Å². The first kappa shape index (κ1) is 22.4. The molecule has 0 bridgehead atoms. The van der Waals surface area contributed by atoms with Gasteiger partial charge >= 0.3 is 0 Å². The second-order valence-electron chi connectivity index (χ2n) is 8.08. The zero-order chi connectivity index (χ0) is 22.2. The van der Waals surface area contributed by atoms with Crippen molar-refractivity contribution in [3.63, 3.8) is 0 Å². The highest BCUT2D eigenvalue weighted by molar-refractivity contribution is 7.08. The summed E-state index contributed by atoms with van der Waals surface area (Å²) in [5.41, 5.74) is 4.33. The number of rotatable bonds is 9. The Morgan fingerprint density at radius 3 is 2.34 bits per heavy atom. The third-order valence-electron chi connectivity index (χ3n) is 6.00. The SMILES string of the molecule is COc1ccc(N2CCN(CCCCNC(=O)c3ccc(-c4ccsc4)cc3)CC2)cc1. The van der Waals surface area contributed by atoms with E-state index in [0.29, 0.717) is 0 Å². The van der Waals surface area contributed by atoms with Gasteiger partial charge in [0.2, 0.25) is 0 Å². The molecule has 0 unspecified atom stereocenters. The van der Waals surface area contributed by atoms with Gasteiger partial charge in [0, 0.05) is 44.0 Å². The Balaban J connectivity index is 1.11. The van der Waals surface area contributed by atoms with Crippen molar-refractivity contribution in [2.45, 2.75) is 12.8 Å². The van der Waals surface area contributed by atoms with Crippen LogP contribution in [0.3, 0.4) is 0 Å². The maximum Gasteiger partial charge on any atom is 0.251 e. The summed E-state index contributed by atoms with van der Waals surface area (Å²) in [4.78, 5) is 17.3. The van der Waals surface area contributed by atoms with Crippen molar-refractivity contribution in [2.75, 3.05) is 51.3 Å². The van der Waals surface area contributed by atoms with Gasteiger partial charge in [-0.3, -0.25) is 9.69 Å². The van der Waals surface area contributed by atoms with E-state index in [1.54, 1.807) is 18.4 Å². The lowest BCUT2D eigenvalue weighted by molar-refractivity contribution is 0.0952. The Hall–Kier alpha value is -2.83. The van der Waals surface area contributed by atoms with Crippen molar-refractivity contribution in [1.29, 1.82) is 0 Å². The number of thiophene rings is 1. The molecular formula is C26H31N3O2S. The number of nitrogens with one attached hydrogen (secondary N) is 1. The minimum absolute atomic E-state index is 0.00924. The number of anilines is 1. The van der Waals surface area contributed by atoms with Crippen LogP contribution < -0.4 is 15.0 Å². The van der Waals surface area contributed by atoms with Crippen LogP contribution in [0.1, 0.15) is 23.2 Å². The van der Waals surface area contributed by atoms with Gasteiger partial charge in [0.15, 0.2) is 0 Å². The lowest BCUT2D eigenvalue weighted by Gasteiger charge is -2.36. The molecule has 5 nitrogen and oxygen atoms in total. The van der Waals surface area contributed by atoms with E-state index < -0.39 is 0 Å². The van der Waals surface area contributed by atoms with Gasteiger partial charge in [-0.15, -0.1) is 0 Å². The Morgan fingerprint density at radius 1 is 0.938 bits per heavy atom. The van der Waals surface area contributed by atoms with Gasteiger partial charge in [-0.25, -0.2) is 0 Å². The summed E-state index contributed by atoms with van der Waals surface area (Å²) in [6.45, 7) is 6.05. The largest absolute Gasteiger partial charge is 0.497 e. The third kappa shape index (κ3) is 5.90. The summed E-state index contributed by atoms with van der Waals surface area (Å²) in [5, 5.41) is 7.24. The van der Waals surface area contributed by atoms with Crippen molar-refractivity contribution >= 4 is 22.9 Å². The lowest BCUT2D eigenvalue weighted by atomic mass is 10.1. The van der Waals surface area contributed by atoms with Crippen molar-refractivity contribution in [1.82, 2.24) is 10.2 Å². The number of benzene rings is 2. The minimum atomic E-state index is 0.00924. The van der Waals surface area contributed by atoms with Gasteiger partial charge in [0.25, 0.3) is 5.91 Å². The third-order valence-corrected chi connectivity index (χ3v) is 6.68. The Bertz CT molecular complexity index is 963. The fraction of sp³-hybridized carbons (Fsp3) is 0.346. The van der Waals surface area contributed by atoms with Gasteiger partial charge in [0.05, 0.1) is 7.11 Å². The van der Waals surface area contributed by atoms with E-state index in [2.05, 4.69) is 44.1 Å². The number of carbonyl (C=O) groups excluding carboxylic acids is 1. The summed E-state index contributed by atoms with van der Waals surface area (Å²) >= 11 is 1.68. The smallest absolute Gasteiger partial charge is 0.251 e. The highest BCUT2D eigenvalue weighted by Crippen LogP contribution is 2.22. The van der Waals surface area contributed by atoms with Crippen molar-refractivity contribution in [3.8, 4) is 16.9 Å². The number of nitrogens with zero attached hydrogens (tertiary/aromatic N) is 2. The normalized spacial score (nSPS) is 14.3. The number of methoxy groups -OCH3 is 1. The zero-order valence-electron chi connectivity index (χ0n) is 18.6. The van der Waals surface area contributed by atoms with Crippen LogP contribution in [0.15, 0.2) is 65.4 Å². The van der Waals surface area contributed by atoms with E-state index >= 15 is 0 Å². The van der Waals surface area contributed by atoms with Crippen LogP contribution in [-0.2, 0) is 0 Å². The van der Waals surface area contributed by atoms with E-state index in [9.17, 15) is 4.79 Å². The molecule has 1 aliphatic heterocycles. The maximum atomic E-state index is 12.4. The average molecular weight is 450 g/mol. The van der Waals surface area contributed by atoms with E-state index in [1.165, 1.54) is 11.3 Å². The fourth-order valence-electron chi connectivity index (χ4n) is 4.03. The number of amides is 1. The molecule has 1 amide bonds. The quantitative estimate of drug-likeness (QED) is 0.479. The molecule has 168 valence electrons. The first-order valence-corrected chi connectivity index (χ1v) is 12.2. The topological polar surface area (TPSA) is 44.8 Å². The molecule has 6 heteroatoms. The molecule has 0 radical (unpaired) electrons. The molecule has 2 heterocycles. The van der Waals surface area contributed by atoms with Crippen molar-refractivity contribution < 1.29 is 9.53 Å². The maximum absolute atomic E-state index is 12.4. The molecule has 0 aliphatic carbocycles. The van der Waals surface area contributed by atoms with E-state index in [1.807, 2.05) is 36.4 Å². The molecule has 1 aromatic heterocycles. The monoisotopic (exact) mass is 449 g/mol. The second-order valence-corrected chi connectivity index (χ2v) is 8.86. The van der Waals surface area contributed by atoms with Crippen molar-refractivity contribution in [3.05, 3.63) is 70.9 Å². The van der Waals surface area contributed by atoms with Crippen LogP contribution in [0.25, 0.3) is 11.1 Å². The number of unbranched alkanes of at least 4 members (excludes halogenated alkanes) is 1. The van der Waals surface area contributed by atoms with Crippen LogP contribution in [0.5, 0.6) is 5.75 Å². The predicted molar refractivity (Wildman–Crippen MR) is 133 cm³/mol. The highest BCUT2D eigenvalue weighted by atomic mass is 32.1. The Morgan fingerprint density at radius 2 is 1.69 bits per heavy atom. The molecule has 4 rings (SSSR count). The van der Waals surface area contributed by atoms with E-state index in [4.69, 9.17) is 4.74 Å². The summed E-state index contributed by atoms with van der Waals surface area (Å²) in [7, 11) is 1.70.